The highest BCUT2D eigenvalue weighted by atomic mass is 79.9. The topological polar surface area (TPSA) is 43.1 Å². The highest BCUT2D eigenvalue weighted by molar-refractivity contribution is 9.10. The molecule has 2 N–H and O–H groups in total. The lowest BCUT2D eigenvalue weighted by atomic mass is 10.1. The van der Waals surface area contributed by atoms with Crippen molar-refractivity contribution < 1.29 is 4.79 Å². The monoisotopic (exact) mass is 295 g/mol. The van der Waals surface area contributed by atoms with Crippen molar-refractivity contribution >= 4 is 38.7 Å². The van der Waals surface area contributed by atoms with Gasteiger partial charge >= 0.3 is 0 Å². The molecule has 2 rings (SSSR count). The standard InChI is InChI=1S/C12H10BrNOS/c13-9-5-11(16-7-9)6-12(15)8-2-1-3-10(14)4-8/h1-5,7H,6,14H2. The minimum atomic E-state index is 0.0988. The number of nitrogen functional groups attached to an aromatic ring is 1. The summed E-state index contributed by atoms with van der Waals surface area (Å²) in [4.78, 5) is 13.0. The quantitative estimate of drug-likeness (QED) is 0.695. The van der Waals surface area contributed by atoms with Crippen LogP contribution in [0.1, 0.15) is 15.2 Å². The third kappa shape index (κ3) is 2.71. The summed E-state index contributed by atoms with van der Waals surface area (Å²) in [5.74, 6) is 0.0988. The molecule has 0 radical (unpaired) electrons. The fourth-order valence-corrected chi connectivity index (χ4v) is 2.87. The number of rotatable bonds is 3. The molecule has 4 heteroatoms. The second kappa shape index (κ2) is 4.80. The molecule has 0 saturated carbocycles. The molecule has 0 spiro atoms. The van der Waals surface area contributed by atoms with Gasteiger partial charge in [0.2, 0.25) is 0 Å². The fraction of sp³-hybridized carbons (Fsp3) is 0.0833. The van der Waals surface area contributed by atoms with Gasteiger partial charge in [-0.1, -0.05) is 12.1 Å². The summed E-state index contributed by atoms with van der Waals surface area (Å²) in [6, 6.07) is 9.05. The van der Waals surface area contributed by atoms with Gasteiger partial charge in [0.1, 0.15) is 0 Å². The maximum atomic E-state index is 11.9. The number of ketones is 1. The molecule has 2 aromatic rings. The molecule has 0 fully saturated rings. The van der Waals surface area contributed by atoms with E-state index in [9.17, 15) is 4.79 Å². The second-order valence-corrected chi connectivity index (χ2v) is 5.37. The van der Waals surface area contributed by atoms with Crippen LogP contribution in [0.15, 0.2) is 40.2 Å². The number of nitrogens with two attached hydrogens (primary N) is 1. The normalized spacial score (nSPS) is 10.3. The molecule has 0 unspecified atom stereocenters. The second-order valence-electron chi connectivity index (χ2n) is 3.46. The molecule has 1 aromatic heterocycles. The number of benzene rings is 1. The van der Waals surface area contributed by atoms with Crippen LogP contribution in [0.25, 0.3) is 0 Å². The minimum absolute atomic E-state index is 0.0988. The van der Waals surface area contributed by atoms with Crippen LogP contribution < -0.4 is 5.73 Å². The van der Waals surface area contributed by atoms with Crippen LogP contribution in [0.4, 0.5) is 5.69 Å². The first-order valence-electron chi connectivity index (χ1n) is 4.77. The number of Topliss-reactive ketones (excluding diaryl/α,β-unsaturated/α-hetero) is 1. The Hall–Kier alpha value is -1.13. The maximum absolute atomic E-state index is 11.9. The molecule has 0 aliphatic rings. The number of thiophene rings is 1. The zero-order valence-corrected chi connectivity index (χ0v) is 10.8. The Bertz CT molecular complexity index is 521. The summed E-state index contributed by atoms with van der Waals surface area (Å²) in [5.41, 5.74) is 6.93. The van der Waals surface area contributed by atoms with Gasteiger partial charge < -0.3 is 5.73 Å². The van der Waals surface area contributed by atoms with Crippen molar-refractivity contribution in [2.75, 3.05) is 5.73 Å². The van der Waals surface area contributed by atoms with Crippen LogP contribution in [0.2, 0.25) is 0 Å². The Kier molecular flexibility index (Phi) is 3.41. The third-order valence-electron chi connectivity index (χ3n) is 2.17. The van der Waals surface area contributed by atoms with E-state index in [2.05, 4.69) is 15.9 Å². The van der Waals surface area contributed by atoms with E-state index in [0.29, 0.717) is 17.7 Å². The molecule has 0 amide bonds. The lowest BCUT2D eigenvalue weighted by Gasteiger charge is -2.00. The Labute approximate surface area is 106 Å². The first kappa shape index (κ1) is 11.4. The van der Waals surface area contributed by atoms with Gasteiger partial charge in [0.15, 0.2) is 5.78 Å². The molecule has 0 saturated heterocycles. The zero-order valence-electron chi connectivity index (χ0n) is 8.44. The van der Waals surface area contributed by atoms with Crippen molar-refractivity contribution in [1.82, 2.24) is 0 Å². The van der Waals surface area contributed by atoms with E-state index in [1.165, 1.54) is 0 Å². The Morgan fingerprint density at radius 1 is 1.38 bits per heavy atom. The Morgan fingerprint density at radius 3 is 2.81 bits per heavy atom. The van der Waals surface area contributed by atoms with E-state index in [1.807, 2.05) is 11.4 Å². The summed E-state index contributed by atoms with van der Waals surface area (Å²) >= 11 is 4.95. The maximum Gasteiger partial charge on any atom is 0.168 e. The van der Waals surface area contributed by atoms with Gasteiger partial charge in [0, 0.05) is 32.4 Å². The zero-order chi connectivity index (χ0) is 11.5. The van der Waals surface area contributed by atoms with Crippen molar-refractivity contribution in [2.45, 2.75) is 6.42 Å². The van der Waals surface area contributed by atoms with Crippen molar-refractivity contribution in [2.24, 2.45) is 0 Å². The lowest BCUT2D eigenvalue weighted by Crippen LogP contribution is -2.02. The first-order chi connectivity index (χ1) is 7.65. The molecule has 0 aliphatic carbocycles. The summed E-state index contributed by atoms with van der Waals surface area (Å²) in [6.45, 7) is 0. The van der Waals surface area contributed by atoms with Crippen LogP contribution in [0.5, 0.6) is 0 Å². The summed E-state index contributed by atoms with van der Waals surface area (Å²) < 4.78 is 1.02. The average Bonchev–Trinajstić information content (AvgIpc) is 2.64. The predicted molar refractivity (Wildman–Crippen MR) is 70.9 cm³/mol. The highest BCUT2D eigenvalue weighted by Gasteiger charge is 2.08. The average molecular weight is 296 g/mol. The smallest absolute Gasteiger partial charge is 0.168 e. The van der Waals surface area contributed by atoms with Gasteiger partial charge in [0.05, 0.1) is 0 Å². The van der Waals surface area contributed by atoms with Crippen molar-refractivity contribution in [3.05, 3.63) is 50.6 Å². The molecule has 0 atom stereocenters. The number of carbonyl (C=O) groups excluding carboxylic acids is 1. The largest absolute Gasteiger partial charge is 0.399 e. The summed E-state index contributed by atoms with van der Waals surface area (Å²) in [7, 11) is 0. The van der Waals surface area contributed by atoms with Crippen LogP contribution in [0, 0.1) is 0 Å². The lowest BCUT2D eigenvalue weighted by molar-refractivity contribution is 0.0994. The first-order valence-corrected chi connectivity index (χ1v) is 6.44. The van der Waals surface area contributed by atoms with E-state index in [4.69, 9.17) is 5.73 Å². The number of hydrogen-bond acceptors (Lipinski definition) is 3. The van der Waals surface area contributed by atoms with E-state index in [0.717, 1.165) is 9.35 Å². The van der Waals surface area contributed by atoms with Gasteiger partial charge in [-0.25, -0.2) is 0 Å². The number of anilines is 1. The SMILES string of the molecule is Nc1cccc(C(=O)Cc2cc(Br)cs2)c1. The van der Waals surface area contributed by atoms with Gasteiger partial charge in [-0.15, -0.1) is 11.3 Å². The van der Waals surface area contributed by atoms with Crippen LogP contribution in [-0.2, 0) is 6.42 Å². The third-order valence-corrected chi connectivity index (χ3v) is 3.86. The molecule has 2 nitrogen and oxygen atoms in total. The molecule has 0 aliphatic heterocycles. The van der Waals surface area contributed by atoms with Crippen LogP contribution in [0.3, 0.4) is 0 Å². The molecule has 16 heavy (non-hydrogen) atoms. The molecule has 1 heterocycles. The van der Waals surface area contributed by atoms with Crippen molar-refractivity contribution in [3.63, 3.8) is 0 Å². The van der Waals surface area contributed by atoms with Gasteiger partial charge in [-0.2, -0.15) is 0 Å². The molecule has 1 aromatic carbocycles. The van der Waals surface area contributed by atoms with Crippen molar-refractivity contribution in [1.29, 1.82) is 0 Å². The van der Waals surface area contributed by atoms with E-state index >= 15 is 0 Å². The molecular formula is C12H10BrNOS. The molecule has 82 valence electrons. The highest BCUT2D eigenvalue weighted by Crippen LogP contribution is 2.21. The minimum Gasteiger partial charge on any atom is -0.399 e. The number of hydrogen-bond donors (Lipinski definition) is 1. The van der Waals surface area contributed by atoms with Gasteiger partial charge in [-0.05, 0) is 34.1 Å². The van der Waals surface area contributed by atoms with Gasteiger partial charge in [0.25, 0.3) is 0 Å². The molecular weight excluding hydrogens is 286 g/mol. The van der Waals surface area contributed by atoms with Crippen LogP contribution >= 0.6 is 27.3 Å². The fourth-order valence-electron chi connectivity index (χ4n) is 1.42. The van der Waals surface area contributed by atoms with Crippen LogP contribution in [-0.4, -0.2) is 5.78 Å². The van der Waals surface area contributed by atoms with E-state index in [1.54, 1.807) is 35.6 Å². The van der Waals surface area contributed by atoms with E-state index in [-0.39, 0.29) is 5.78 Å². The van der Waals surface area contributed by atoms with E-state index < -0.39 is 0 Å². The number of carbonyl (C=O) groups is 1. The summed E-state index contributed by atoms with van der Waals surface area (Å²) in [5, 5.41) is 1.97. The van der Waals surface area contributed by atoms with Crippen molar-refractivity contribution in [3.8, 4) is 0 Å². The van der Waals surface area contributed by atoms with Gasteiger partial charge in [-0.3, -0.25) is 4.79 Å². The number of halogens is 1. The summed E-state index contributed by atoms with van der Waals surface area (Å²) in [6.07, 6.45) is 0.430. The predicted octanol–water partition coefficient (Wildman–Crippen LogP) is 3.52. The Balaban J connectivity index is 2.14. The Morgan fingerprint density at radius 2 is 2.19 bits per heavy atom. The molecule has 0 bridgehead atoms.